The molecule has 0 aliphatic rings. The summed E-state index contributed by atoms with van der Waals surface area (Å²) < 4.78 is 14.1. The standard InChI is InChI=1S/C31H31FO3/c1-19-16-24(11-13-27(19)33)31(5,25-12-14-28(34)20(2)17-25)22-8-6-21(7-9-22)30(3,4)23-10-15-29(35)26(32)18-23/h6-18,33-35H,1-5H3. The third-order valence-electron chi connectivity index (χ3n) is 7.40. The predicted molar refractivity (Wildman–Crippen MR) is 138 cm³/mol. The van der Waals surface area contributed by atoms with Crippen LogP contribution in [-0.4, -0.2) is 15.3 Å². The molecule has 0 aliphatic carbocycles. The molecule has 35 heavy (non-hydrogen) atoms. The smallest absolute Gasteiger partial charge is 0.165 e. The van der Waals surface area contributed by atoms with Gasteiger partial charge >= 0.3 is 0 Å². The van der Waals surface area contributed by atoms with E-state index in [9.17, 15) is 19.7 Å². The molecular weight excluding hydrogens is 439 g/mol. The van der Waals surface area contributed by atoms with Crippen LogP contribution in [0.5, 0.6) is 17.2 Å². The first-order chi connectivity index (χ1) is 16.4. The number of aryl methyl sites for hydroxylation is 2. The molecule has 0 radical (unpaired) electrons. The number of hydrogen-bond donors (Lipinski definition) is 3. The van der Waals surface area contributed by atoms with Gasteiger partial charge in [-0.15, -0.1) is 0 Å². The second-order valence-corrected chi connectivity index (χ2v) is 10.00. The van der Waals surface area contributed by atoms with Crippen LogP contribution in [0.2, 0.25) is 0 Å². The maximum atomic E-state index is 14.1. The average Bonchev–Trinajstić information content (AvgIpc) is 2.83. The molecule has 0 amide bonds. The molecule has 0 aromatic heterocycles. The van der Waals surface area contributed by atoms with Crippen molar-refractivity contribution in [2.75, 3.05) is 0 Å². The molecule has 4 heteroatoms. The second-order valence-electron chi connectivity index (χ2n) is 10.00. The highest BCUT2D eigenvalue weighted by molar-refractivity contribution is 5.55. The highest BCUT2D eigenvalue weighted by Gasteiger charge is 2.33. The van der Waals surface area contributed by atoms with Gasteiger partial charge in [0.05, 0.1) is 0 Å². The van der Waals surface area contributed by atoms with Gasteiger partial charge in [0.1, 0.15) is 11.5 Å². The van der Waals surface area contributed by atoms with Crippen molar-refractivity contribution in [3.63, 3.8) is 0 Å². The van der Waals surface area contributed by atoms with Crippen molar-refractivity contribution in [2.45, 2.75) is 45.4 Å². The summed E-state index contributed by atoms with van der Waals surface area (Å²) in [4.78, 5) is 0. The zero-order valence-corrected chi connectivity index (χ0v) is 20.7. The monoisotopic (exact) mass is 470 g/mol. The Morgan fingerprint density at radius 1 is 0.514 bits per heavy atom. The Morgan fingerprint density at radius 3 is 1.37 bits per heavy atom. The van der Waals surface area contributed by atoms with Gasteiger partial charge in [0.2, 0.25) is 0 Å². The largest absolute Gasteiger partial charge is 0.508 e. The van der Waals surface area contributed by atoms with E-state index in [1.54, 1.807) is 18.2 Å². The van der Waals surface area contributed by atoms with Crippen LogP contribution in [0.3, 0.4) is 0 Å². The van der Waals surface area contributed by atoms with Gasteiger partial charge in [0.15, 0.2) is 11.6 Å². The molecule has 0 spiro atoms. The van der Waals surface area contributed by atoms with Crippen molar-refractivity contribution in [1.29, 1.82) is 0 Å². The molecule has 0 aliphatic heterocycles. The topological polar surface area (TPSA) is 60.7 Å². The Bertz CT molecular complexity index is 1340. The molecule has 4 aromatic carbocycles. The average molecular weight is 471 g/mol. The van der Waals surface area contributed by atoms with E-state index >= 15 is 0 Å². The summed E-state index contributed by atoms with van der Waals surface area (Å²) in [6.07, 6.45) is 0. The minimum absolute atomic E-state index is 0.246. The maximum Gasteiger partial charge on any atom is 0.165 e. The van der Waals surface area contributed by atoms with E-state index in [2.05, 4.69) is 31.2 Å². The number of rotatable bonds is 5. The fourth-order valence-corrected chi connectivity index (χ4v) is 4.72. The van der Waals surface area contributed by atoms with Crippen LogP contribution in [0.15, 0.2) is 78.9 Å². The zero-order chi connectivity index (χ0) is 25.5. The molecule has 4 aromatic rings. The van der Waals surface area contributed by atoms with E-state index < -0.39 is 16.6 Å². The number of aromatic hydroxyl groups is 3. The summed E-state index contributed by atoms with van der Waals surface area (Å²) in [5.41, 5.74) is 5.41. The summed E-state index contributed by atoms with van der Waals surface area (Å²) in [6.45, 7) is 9.95. The molecule has 4 rings (SSSR count). The van der Waals surface area contributed by atoms with E-state index in [1.807, 2.05) is 52.0 Å². The number of hydrogen-bond acceptors (Lipinski definition) is 3. The van der Waals surface area contributed by atoms with E-state index in [0.717, 1.165) is 38.9 Å². The van der Waals surface area contributed by atoms with Crippen molar-refractivity contribution in [3.05, 3.63) is 124 Å². The minimum Gasteiger partial charge on any atom is -0.508 e. The Morgan fingerprint density at radius 2 is 0.914 bits per heavy atom. The van der Waals surface area contributed by atoms with Crippen molar-refractivity contribution in [1.82, 2.24) is 0 Å². The molecule has 0 saturated carbocycles. The molecule has 3 N–H and O–H groups in total. The highest BCUT2D eigenvalue weighted by Crippen LogP contribution is 2.42. The lowest BCUT2D eigenvalue weighted by molar-refractivity contribution is 0.430. The molecule has 3 nitrogen and oxygen atoms in total. The third kappa shape index (κ3) is 4.25. The molecule has 0 saturated heterocycles. The van der Waals surface area contributed by atoms with Crippen molar-refractivity contribution in [2.24, 2.45) is 0 Å². The van der Waals surface area contributed by atoms with Crippen molar-refractivity contribution in [3.8, 4) is 17.2 Å². The quantitative estimate of drug-likeness (QED) is 0.269. The fraction of sp³-hybridized carbons (Fsp3) is 0.226. The number of benzene rings is 4. The Kier molecular flexibility index (Phi) is 6.10. The third-order valence-corrected chi connectivity index (χ3v) is 7.40. The summed E-state index contributed by atoms with van der Waals surface area (Å²) in [5, 5.41) is 29.8. The number of phenolic OH excluding ortho intramolecular Hbond substituents is 3. The Hall–Kier alpha value is -3.79. The van der Waals surface area contributed by atoms with E-state index in [-0.39, 0.29) is 17.2 Å². The lowest BCUT2D eigenvalue weighted by atomic mass is 9.69. The summed E-state index contributed by atoms with van der Waals surface area (Å²) in [5.74, 6) is -0.498. The fourth-order valence-electron chi connectivity index (χ4n) is 4.72. The first-order valence-electron chi connectivity index (χ1n) is 11.6. The van der Waals surface area contributed by atoms with Gasteiger partial charge in [-0.2, -0.15) is 0 Å². The number of phenols is 3. The van der Waals surface area contributed by atoms with Crippen LogP contribution in [0.1, 0.15) is 59.7 Å². The molecule has 0 unspecified atom stereocenters. The van der Waals surface area contributed by atoms with E-state index in [4.69, 9.17) is 0 Å². The van der Waals surface area contributed by atoms with Gasteiger partial charge in [0.25, 0.3) is 0 Å². The van der Waals surface area contributed by atoms with Crippen molar-refractivity contribution >= 4 is 0 Å². The molecule has 0 bridgehead atoms. The highest BCUT2D eigenvalue weighted by atomic mass is 19.1. The first kappa shape index (κ1) is 24.3. The van der Waals surface area contributed by atoms with E-state index in [0.29, 0.717) is 0 Å². The Labute approximate surface area is 206 Å². The zero-order valence-electron chi connectivity index (χ0n) is 20.7. The summed E-state index contributed by atoms with van der Waals surface area (Å²) >= 11 is 0. The van der Waals surface area contributed by atoms with Gasteiger partial charge in [0, 0.05) is 10.8 Å². The molecule has 0 atom stereocenters. The van der Waals surface area contributed by atoms with Gasteiger partial charge < -0.3 is 15.3 Å². The van der Waals surface area contributed by atoms with Crippen LogP contribution in [0, 0.1) is 19.7 Å². The van der Waals surface area contributed by atoms with Gasteiger partial charge in [-0.25, -0.2) is 4.39 Å². The number of halogens is 1. The van der Waals surface area contributed by atoms with Gasteiger partial charge in [-0.1, -0.05) is 68.4 Å². The molecule has 0 fully saturated rings. The van der Waals surface area contributed by atoms with E-state index in [1.165, 1.54) is 12.1 Å². The van der Waals surface area contributed by atoms with Crippen LogP contribution >= 0.6 is 0 Å². The first-order valence-corrected chi connectivity index (χ1v) is 11.6. The minimum atomic E-state index is -0.634. The normalized spacial score (nSPS) is 12.1. The molecule has 0 heterocycles. The molecular formula is C31H31FO3. The lowest BCUT2D eigenvalue weighted by Crippen LogP contribution is -2.26. The van der Waals surface area contributed by atoms with Crippen LogP contribution in [-0.2, 0) is 10.8 Å². The SMILES string of the molecule is Cc1cc(C(C)(c2ccc(C(C)(C)c3ccc(O)c(F)c3)cc2)c2ccc(O)c(C)c2)ccc1O. The van der Waals surface area contributed by atoms with Crippen LogP contribution in [0.25, 0.3) is 0 Å². The summed E-state index contributed by atoms with van der Waals surface area (Å²) in [6, 6.07) is 24.1. The maximum absolute atomic E-state index is 14.1. The van der Waals surface area contributed by atoms with Gasteiger partial charge in [-0.05, 0) is 84.0 Å². The lowest BCUT2D eigenvalue weighted by Gasteiger charge is -2.34. The second kappa shape index (κ2) is 8.77. The van der Waals surface area contributed by atoms with Crippen LogP contribution < -0.4 is 0 Å². The van der Waals surface area contributed by atoms with Gasteiger partial charge in [-0.3, -0.25) is 0 Å². The Balaban J connectivity index is 1.84. The summed E-state index contributed by atoms with van der Waals surface area (Å²) in [7, 11) is 0. The van der Waals surface area contributed by atoms with Crippen molar-refractivity contribution < 1.29 is 19.7 Å². The predicted octanol–water partition coefficient (Wildman–Crippen LogP) is 7.24. The molecule has 180 valence electrons. The van der Waals surface area contributed by atoms with Crippen LogP contribution in [0.4, 0.5) is 4.39 Å².